The van der Waals surface area contributed by atoms with E-state index in [1.54, 1.807) is 42.5 Å². The molecule has 0 fully saturated rings. The quantitative estimate of drug-likeness (QED) is 0.247. The Kier molecular flexibility index (Phi) is 7.95. The normalized spacial score (nSPS) is 10.3. The molecule has 0 aliphatic heterocycles. The average Bonchev–Trinajstić information content (AvgIpc) is 2.60. The van der Waals surface area contributed by atoms with Crippen molar-refractivity contribution in [2.75, 3.05) is 5.88 Å². The van der Waals surface area contributed by atoms with E-state index < -0.39 is 5.97 Å². The molecule has 0 atom stereocenters. The second-order valence-corrected chi connectivity index (χ2v) is 6.61. The molecule has 2 aromatic rings. The molecule has 0 aliphatic carbocycles. The number of rotatable bonds is 8. The maximum absolute atomic E-state index is 12.3. The fraction of sp³-hybridized carbons (Fsp3) is 0.263. The van der Waals surface area contributed by atoms with E-state index in [0.717, 1.165) is 17.3 Å². The summed E-state index contributed by atoms with van der Waals surface area (Å²) in [6.45, 7) is 0. The molecule has 0 aromatic heterocycles. The van der Waals surface area contributed by atoms with Crippen molar-refractivity contribution in [3.05, 3.63) is 58.6 Å². The van der Waals surface area contributed by atoms with Crippen LogP contribution in [0.15, 0.2) is 53.0 Å². The van der Waals surface area contributed by atoms with Crippen molar-refractivity contribution in [2.45, 2.75) is 25.7 Å². The number of carbonyl (C=O) groups is 2. The molecule has 0 saturated heterocycles. The number of esters is 2. The maximum atomic E-state index is 12.3. The molecule has 0 heterocycles. The van der Waals surface area contributed by atoms with Gasteiger partial charge < -0.3 is 9.47 Å². The minimum absolute atomic E-state index is 0.210. The molecule has 0 unspecified atom stereocenters. The van der Waals surface area contributed by atoms with E-state index in [1.807, 2.05) is 6.07 Å². The van der Waals surface area contributed by atoms with Crippen molar-refractivity contribution < 1.29 is 19.1 Å². The summed E-state index contributed by atoms with van der Waals surface area (Å²) in [4.78, 5) is 24.2. The van der Waals surface area contributed by atoms with Gasteiger partial charge in [0.15, 0.2) is 11.5 Å². The molecule has 6 heteroatoms. The summed E-state index contributed by atoms with van der Waals surface area (Å²) < 4.78 is 11.5. The monoisotopic (exact) mass is 424 g/mol. The lowest BCUT2D eigenvalue weighted by Gasteiger charge is -2.10. The molecule has 0 bridgehead atoms. The number of benzene rings is 2. The highest BCUT2D eigenvalue weighted by molar-refractivity contribution is 9.10. The van der Waals surface area contributed by atoms with E-state index in [0.29, 0.717) is 24.3 Å². The van der Waals surface area contributed by atoms with Crippen LogP contribution in [-0.2, 0) is 4.79 Å². The summed E-state index contributed by atoms with van der Waals surface area (Å²) in [5.74, 6) is 0.144. The first-order valence-corrected chi connectivity index (χ1v) is 9.26. The lowest BCUT2D eigenvalue weighted by molar-refractivity contribution is -0.134. The summed E-state index contributed by atoms with van der Waals surface area (Å²) >= 11 is 8.92. The lowest BCUT2D eigenvalue weighted by atomic mass is 10.2. The zero-order chi connectivity index (χ0) is 18.1. The van der Waals surface area contributed by atoms with Crippen LogP contribution in [0, 0.1) is 0 Å². The van der Waals surface area contributed by atoms with Gasteiger partial charge in [-0.1, -0.05) is 40.5 Å². The summed E-state index contributed by atoms with van der Waals surface area (Å²) in [5, 5.41) is 0. The van der Waals surface area contributed by atoms with Gasteiger partial charge in [-0.25, -0.2) is 4.79 Å². The number of hydrogen-bond acceptors (Lipinski definition) is 4. The third-order valence-electron chi connectivity index (χ3n) is 3.35. The van der Waals surface area contributed by atoms with E-state index >= 15 is 0 Å². The van der Waals surface area contributed by atoms with E-state index in [1.165, 1.54) is 0 Å². The summed E-state index contributed by atoms with van der Waals surface area (Å²) in [6.07, 6.45) is 2.75. The van der Waals surface area contributed by atoms with Gasteiger partial charge in [0.05, 0.1) is 5.56 Å². The second kappa shape index (κ2) is 10.2. The smallest absolute Gasteiger partial charge is 0.343 e. The van der Waals surface area contributed by atoms with Crippen molar-refractivity contribution in [1.29, 1.82) is 0 Å². The molecule has 2 rings (SSSR count). The van der Waals surface area contributed by atoms with E-state index in [-0.39, 0.29) is 17.5 Å². The van der Waals surface area contributed by atoms with Crippen LogP contribution >= 0.6 is 27.5 Å². The van der Waals surface area contributed by atoms with Crippen molar-refractivity contribution in [3.63, 3.8) is 0 Å². The van der Waals surface area contributed by atoms with Crippen LogP contribution in [0.25, 0.3) is 0 Å². The van der Waals surface area contributed by atoms with Gasteiger partial charge in [-0.3, -0.25) is 4.79 Å². The van der Waals surface area contributed by atoms with Gasteiger partial charge in [-0.15, -0.1) is 11.6 Å². The molecule has 25 heavy (non-hydrogen) atoms. The Labute approximate surface area is 160 Å². The Balaban J connectivity index is 2.00. The van der Waals surface area contributed by atoms with Crippen molar-refractivity contribution in [3.8, 4) is 11.5 Å². The van der Waals surface area contributed by atoms with Crippen LogP contribution < -0.4 is 9.47 Å². The number of ether oxygens (including phenoxy) is 2. The molecule has 0 radical (unpaired) electrons. The third-order valence-corrected chi connectivity index (χ3v) is 4.11. The SMILES string of the molecule is O=C(CCCCCCl)Oc1ccccc1OC(=O)c1cccc(Br)c1. The van der Waals surface area contributed by atoms with E-state index in [4.69, 9.17) is 21.1 Å². The lowest BCUT2D eigenvalue weighted by Crippen LogP contribution is -2.12. The second-order valence-electron chi connectivity index (χ2n) is 5.32. The summed E-state index contributed by atoms with van der Waals surface area (Å²) in [7, 11) is 0. The highest BCUT2D eigenvalue weighted by Gasteiger charge is 2.14. The first-order chi connectivity index (χ1) is 12.1. The molecular formula is C19H18BrClO4. The molecule has 2 aromatic carbocycles. The average molecular weight is 426 g/mol. The standard InChI is InChI=1S/C19H18BrClO4/c20-15-8-6-7-14(13-15)19(23)25-17-10-4-3-9-16(17)24-18(22)11-2-1-5-12-21/h3-4,6-10,13H,1-2,5,11-12H2. The minimum Gasteiger partial charge on any atom is -0.423 e. The van der Waals surface area contributed by atoms with Crippen LogP contribution in [0.3, 0.4) is 0 Å². The highest BCUT2D eigenvalue weighted by atomic mass is 79.9. The Morgan fingerprint density at radius 1 is 0.920 bits per heavy atom. The summed E-state index contributed by atoms with van der Waals surface area (Å²) in [6, 6.07) is 13.5. The number of alkyl halides is 1. The number of unbranched alkanes of at least 4 members (excludes halogenated alkanes) is 2. The van der Waals surface area contributed by atoms with Gasteiger partial charge in [0, 0.05) is 16.8 Å². The Hall–Kier alpha value is -1.85. The van der Waals surface area contributed by atoms with E-state index in [9.17, 15) is 9.59 Å². The highest BCUT2D eigenvalue weighted by Crippen LogP contribution is 2.28. The molecule has 0 saturated carbocycles. The number of hydrogen-bond donors (Lipinski definition) is 0. The maximum Gasteiger partial charge on any atom is 0.343 e. The van der Waals surface area contributed by atoms with Gasteiger partial charge in [0.1, 0.15) is 0 Å². The predicted molar refractivity (Wildman–Crippen MR) is 100 cm³/mol. The van der Waals surface area contributed by atoms with Crippen molar-refractivity contribution in [2.24, 2.45) is 0 Å². The number of halogens is 2. The van der Waals surface area contributed by atoms with Crippen LogP contribution in [0.1, 0.15) is 36.0 Å². The largest absolute Gasteiger partial charge is 0.423 e. The Morgan fingerprint density at radius 3 is 2.32 bits per heavy atom. The third kappa shape index (κ3) is 6.52. The Bertz CT molecular complexity index is 733. The van der Waals surface area contributed by atoms with Crippen LogP contribution in [0.2, 0.25) is 0 Å². The van der Waals surface area contributed by atoms with Gasteiger partial charge in [0.2, 0.25) is 0 Å². The molecule has 0 amide bonds. The molecule has 0 spiro atoms. The van der Waals surface area contributed by atoms with Crippen molar-refractivity contribution >= 4 is 39.5 Å². The molecule has 132 valence electrons. The van der Waals surface area contributed by atoms with Crippen LogP contribution in [-0.4, -0.2) is 17.8 Å². The fourth-order valence-electron chi connectivity index (χ4n) is 2.11. The summed E-state index contributed by atoms with van der Waals surface area (Å²) in [5.41, 5.74) is 0.400. The first kappa shape index (κ1) is 19.5. The zero-order valence-corrected chi connectivity index (χ0v) is 15.9. The molecule has 4 nitrogen and oxygen atoms in total. The Morgan fingerprint density at radius 2 is 1.64 bits per heavy atom. The molecular weight excluding hydrogens is 408 g/mol. The van der Waals surface area contributed by atoms with Gasteiger partial charge in [-0.2, -0.15) is 0 Å². The van der Waals surface area contributed by atoms with E-state index in [2.05, 4.69) is 15.9 Å². The van der Waals surface area contributed by atoms with Gasteiger partial charge in [-0.05, 0) is 43.2 Å². The van der Waals surface area contributed by atoms with Gasteiger partial charge >= 0.3 is 11.9 Å². The van der Waals surface area contributed by atoms with Crippen LogP contribution in [0.5, 0.6) is 11.5 Å². The first-order valence-electron chi connectivity index (χ1n) is 7.93. The number of para-hydroxylation sites is 2. The van der Waals surface area contributed by atoms with Crippen LogP contribution in [0.4, 0.5) is 0 Å². The molecule has 0 aliphatic rings. The zero-order valence-electron chi connectivity index (χ0n) is 13.5. The van der Waals surface area contributed by atoms with Gasteiger partial charge in [0.25, 0.3) is 0 Å². The predicted octanol–water partition coefficient (Wildman–Crippen LogP) is 5.37. The number of carbonyl (C=O) groups excluding carboxylic acids is 2. The van der Waals surface area contributed by atoms with Crippen molar-refractivity contribution in [1.82, 2.24) is 0 Å². The minimum atomic E-state index is -0.521. The fourth-order valence-corrected chi connectivity index (χ4v) is 2.70. The topological polar surface area (TPSA) is 52.6 Å². The molecule has 0 N–H and O–H groups in total.